The Morgan fingerprint density at radius 1 is 1.10 bits per heavy atom. The van der Waals surface area contributed by atoms with E-state index in [4.69, 9.17) is 4.74 Å². The van der Waals surface area contributed by atoms with Crippen LogP contribution in [0.1, 0.15) is 75.5 Å². The molecule has 0 fully saturated rings. The van der Waals surface area contributed by atoms with E-state index in [9.17, 15) is 5.11 Å². The molecule has 1 aliphatic rings. The highest BCUT2D eigenvalue weighted by atomic mass is 16.5. The lowest BCUT2D eigenvalue weighted by Crippen LogP contribution is -1.98. The van der Waals surface area contributed by atoms with Crippen molar-refractivity contribution in [1.29, 1.82) is 0 Å². The molecule has 1 aromatic rings. The average Bonchev–Trinajstić information content (AvgIpc) is 2.83. The van der Waals surface area contributed by atoms with E-state index < -0.39 is 0 Å². The Bertz CT molecular complexity index is 400. The maximum Gasteiger partial charge on any atom is 0.119 e. The zero-order chi connectivity index (χ0) is 14.2. The molecule has 1 aromatic carbocycles. The van der Waals surface area contributed by atoms with Gasteiger partial charge in [-0.25, -0.2) is 0 Å². The summed E-state index contributed by atoms with van der Waals surface area (Å²) in [5.74, 6) is 0.962. The molecule has 1 aliphatic carbocycles. The molecule has 2 heteroatoms. The number of fused-ring (bicyclic) bond motifs is 1. The number of aliphatic hydroxyl groups excluding tert-OH is 1. The zero-order valence-electron chi connectivity index (χ0n) is 12.7. The van der Waals surface area contributed by atoms with Crippen LogP contribution < -0.4 is 4.74 Å². The fourth-order valence-electron chi connectivity index (χ4n) is 2.91. The van der Waals surface area contributed by atoms with Crippen LogP contribution in [0.5, 0.6) is 5.75 Å². The molecule has 0 saturated carbocycles. The zero-order valence-corrected chi connectivity index (χ0v) is 12.7. The van der Waals surface area contributed by atoms with Crippen LogP contribution in [0.3, 0.4) is 0 Å². The number of hydrogen-bond donors (Lipinski definition) is 1. The summed E-state index contributed by atoms with van der Waals surface area (Å²) in [5, 5.41) is 9.77. The minimum absolute atomic E-state index is 0.262. The fourth-order valence-corrected chi connectivity index (χ4v) is 2.91. The minimum Gasteiger partial charge on any atom is -0.494 e. The molecule has 2 nitrogen and oxygen atoms in total. The lowest BCUT2D eigenvalue weighted by molar-refractivity contribution is 0.180. The van der Waals surface area contributed by atoms with Crippen molar-refractivity contribution >= 4 is 0 Å². The first kappa shape index (κ1) is 15.4. The van der Waals surface area contributed by atoms with E-state index >= 15 is 0 Å². The van der Waals surface area contributed by atoms with Gasteiger partial charge < -0.3 is 9.84 Å². The molecular weight excluding hydrogens is 248 g/mol. The predicted molar refractivity (Wildman–Crippen MR) is 83.2 cm³/mol. The van der Waals surface area contributed by atoms with Gasteiger partial charge in [-0.15, -0.1) is 0 Å². The van der Waals surface area contributed by atoms with Gasteiger partial charge in [-0.2, -0.15) is 0 Å². The second-order valence-electron chi connectivity index (χ2n) is 5.88. The molecule has 2 rings (SSSR count). The molecule has 1 unspecified atom stereocenters. The van der Waals surface area contributed by atoms with Gasteiger partial charge in [-0.05, 0) is 42.5 Å². The lowest BCUT2D eigenvalue weighted by atomic mass is 10.1. The third kappa shape index (κ3) is 4.52. The highest BCUT2D eigenvalue weighted by Gasteiger charge is 2.20. The summed E-state index contributed by atoms with van der Waals surface area (Å²) in [6, 6.07) is 6.12. The maximum absolute atomic E-state index is 9.77. The van der Waals surface area contributed by atoms with Crippen molar-refractivity contribution < 1.29 is 9.84 Å². The Balaban J connectivity index is 1.60. The number of aryl methyl sites for hydroxylation is 1. The van der Waals surface area contributed by atoms with Crippen molar-refractivity contribution in [3.05, 3.63) is 29.3 Å². The molecular formula is C18H28O2. The quantitative estimate of drug-likeness (QED) is 0.657. The highest BCUT2D eigenvalue weighted by molar-refractivity contribution is 5.39. The van der Waals surface area contributed by atoms with E-state index in [2.05, 4.69) is 13.0 Å². The predicted octanol–water partition coefficient (Wildman–Crippen LogP) is 4.80. The molecule has 0 spiro atoms. The third-order valence-corrected chi connectivity index (χ3v) is 4.18. The lowest BCUT2D eigenvalue weighted by Gasteiger charge is -2.09. The Kier molecular flexibility index (Phi) is 6.38. The van der Waals surface area contributed by atoms with Gasteiger partial charge >= 0.3 is 0 Å². The second-order valence-corrected chi connectivity index (χ2v) is 5.88. The summed E-state index contributed by atoms with van der Waals surface area (Å²) in [6.45, 7) is 3.07. The number of unbranched alkanes of at least 4 members (excludes halogenated alkanes) is 6. The SMILES string of the molecule is CCCCCCCCCOc1ccc2c(c1)CCC2O. The van der Waals surface area contributed by atoms with Crippen LogP contribution in [0, 0.1) is 0 Å². The standard InChI is InChI=1S/C18H28O2/c1-2-3-4-5-6-7-8-13-20-16-10-11-17-15(14-16)9-12-18(17)19/h10-11,14,18-19H,2-9,12-13H2,1H3. The topological polar surface area (TPSA) is 29.5 Å². The van der Waals surface area contributed by atoms with E-state index in [1.54, 1.807) is 0 Å². The molecule has 0 radical (unpaired) electrons. The smallest absolute Gasteiger partial charge is 0.119 e. The number of rotatable bonds is 9. The monoisotopic (exact) mass is 276 g/mol. The van der Waals surface area contributed by atoms with Crippen LogP contribution in [-0.2, 0) is 6.42 Å². The average molecular weight is 276 g/mol. The van der Waals surface area contributed by atoms with Crippen LogP contribution in [-0.4, -0.2) is 11.7 Å². The largest absolute Gasteiger partial charge is 0.494 e. The summed E-state index contributed by atoms with van der Waals surface area (Å²) >= 11 is 0. The van der Waals surface area contributed by atoms with Crippen molar-refractivity contribution in [2.75, 3.05) is 6.61 Å². The molecule has 112 valence electrons. The van der Waals surface area contributed by atoms with Crippen LogP contribution >= 0.6 is 0 Å². The third-order valence-electron chi connectivity index (χ3n) is 4.18. The molecule has 0 amide bonds. The summed E-state index contributed by atoms with van der Waals surface area (Å²) < 4.78 is 5.81. The first-order valence-corrected chi connectivity index (χ1v) is 8.25. The molecule has 0 aromatic heterocycles. The van der Waals surface area contributed by atoms with Gasteiger partial charge in [0.15, 0.2) is 0 Å². The van der Waals surface area contributed by atoms with Crippen LogP contribution in [0.25, 0.3) is 0 Å². The van der Waals surface area contributed by atoms with E-state index in [1.165, 1.54) is 44.1 Å². The minimum atomic E-state index is -0.262. The van der Waals surface area contributed by atoms with Crippen LogP contribution in [0.2, 0.25) is 0 Å². The Morgan fingerprint density at radius 2 is 1.85 bits per heavy atom. The van der Waals surface area contributed by atoms with Crippen molar-refractivity contribution in [2.24, 2.45) is 0 Å². The van der Waals surface area contributed by atoms with Crippen molar-refractivity contribution in [3.63, 3.8) is 0 Å². The van der Waals surface area contributed by atoms with Gasteiger partial charge in [0.25, 0.3) is 0 Å². The first-order valence-electron chi connectivity index (χ1n) is 8.25. The number of benzene rings is 1. The number of aliphatic hydroxyl groups is 1. The van der Waals surface area contributed by atoms with E-state index in [0.717, 1.165) is 37.2 Å². The first-order chi connectivity index (χ1) is 9.81. The number of hydrogen-bond acceptors (Lipinski definition) is 2. The highest BCUT2D eigenvalue weighted by Crippen LogP contribution is 2.33. The van der Waals surface area contributed by atoms with E-state index in [1.807, 2.05) is 12.1 Å². The normalized spacial score (nSPS) is 17.2. The van der Waals surface area contributed by atoms with Crippen LogP contribution in [0.15, 0.2) is 18.2 Å². The summed E-state index contributed by atoms with van der Waals surface area (Å²) in [5.41, 5.74) is 2.35. The summed E-state index contributed by atoms with van der Waals surface area (Å²) in [7, 11) is 0. The second kappa shape index (κ2) is 8.31. The van der Waals surface area contributed by atoms with Gasteiger partial charge in [-0.3, -0.25) is 0 Å². The molecule has 20 heavy (non-hydrogen) atoms. The van der Waals surface area contributed by atoms with Crippen molar-refractivity contribution in [3.8, 4) is 5.75 Å². The maximum atomic E-state index is 9.77. The van der Waals surface area contributed by atoms with Gasteiger partial charge in [0.05, 0.1) is 12.7 Å². The van der Waals surface area contributed by atoms with Crippen molar-refractivity contribution in [2.45, 2.75) is 70.8 Å². The Hall–Kier alpha value is -1.02. The molecule has 1 atom stereocenters. The van der Waals surface area contributed by atoms with Crippen molar-refractivity contribution in [1.82, 2.24) is 0 Å². The van der Waals surface area contributed by atoms with Crippen LogP contribution in [0.4, 0.5) is 0 Å². The Labute approximate surface area is 123 Å². The summed E-state index contributed by atoms with van der Waals surface area (Å²) in [4.78, 5) is 0. The van der Waals surface area contributed by atoms with E-state index in [-0.39, 0.29) is 6.10 Å². The van der Waals surface area contributed by atoms with Gasteiger partial charge in [0, 0.05) is 0 Å². The molecule has 0 bridgehead atoms. The molecule has 1 N–H and O–H groups in total. The van der Waals surface area contributed by atoms with E-state index in [0.29, 0.717) is 0 Å². The molecule has 0 aliphatic heterocycles. The Morgan fingerprint density at radius 3 is 2.65 bits per heavy atom. The molecule has 0 saturated heterocycles. The fraction of sp³-hybridized carbons (Fsp3) is 0.667. The van der Waals surface area contributed by atoms with Gasteiger partial charge in [0.2, 0.25) is 0 Å². The number of ether oxygens (including phenoxy) is 1. The van der Waals surface area contributed by atoms with Gasteiger partial charge in [-0.1, -0.05) is 51.5 Å². The van der Waals surface area contributed by atoms with Gasteiger partial charge in [0.1, 0.15) is 5.75 Å². The summed E-state index contributed by atoms with van der Waals surface area (Å²) in [6.07, 6.45) is 10.8. The molecule has 0 heterocycles.